The molecule has 0 aromatic carbocycles. The number of carbonyl (C=O) groups excluding carboxylic acids is 1. The highest BCUT2D eigenvalue weighted by Gasteiger charge is 2.00. The second-order valence-corrected chi connectivity index (χ2v) is 2.41. The standard InChI is InChI=1S/C8H6ClNO2/c1-2-8(11)10-5-6-3-4-7(9)12-6/h1,3-4H,5H2,(H,10,11). The van der Waals surface area contributed by atoms with Gasteiger partial charge in [-0.05, 0) is 29.7 Å². The largest absolute Gasteiger partial charge is 0.448 e. The van der Waals surface area contributed by atoms with Gasteiger partial charge in [0, 0.05) is 0 Å². The molecule has 1 heterocycles. The van der Waals surface area contributed by atoms with Crippen LogP contribution in [0.3, 0.4) is 0 Å². The molecule has 0 spiro atoms. The lowest BCUT2D eigenvalue weighted by Gasteiger charge is -1.95. The van der Waals surface area contributed by atoms with Crippen LogP contribution in [-0.4, -0.2) is 5.91 Å². The van der Waals surface area contributed by atoms with E-state index in [4.69, 9.17) is 22.4 Å². The Balaban J connectivity index is 2.44. The van der Waals surface area contributed by atoms with Crippen molar-refractivity contribution in [1.29, 1.82) is 0 Å². The highest BCUT2D eigenvalue weighted by Crippen LogP contribution is 2.12. The number of hydrogen-bond acceptors (Lipinski definition) is 2. The molecule has 12 heavy (non-hydrogen) atoms. The fourth-order valence-electron chi connectivity index (χ4n) is 0.665. The van der Waals surface area contributed by atoms with E-state index < -0.39 is 5.91 Å². The van der Waals surface area contributed by atoms with Gasteiger partial charge >= 0.3 is 0 Å². The van der Waals surface area contributed by atoms with Crippen LogP contribution in [0.25, 0.3) is 0 Å². The summed E-state index contributed by atoms with van der Waals surface area (Å²) in [4.78, 5) is 10.6. The predicted molar refractivity (Wildman–Crippen MR) is 44.4 cm³/mol. The van der Waals surface area contributed by atoms with E-state index in [1.54, 1.807) is 12.1 Å². The fourth-order valence-corrected chi connectivity index (χ4v) is 0.827. The van der Waals surface area contributed by atoms with Crippen molar-refractivity contribution in [3.05, 3.63) is 23.1 Å². The quantitative estimate of drug-likeness (QED) is 0.700. The molecule has 1 rings (SSSR count). The maximum Gasteiger partial charge on any atom is 0.296 e. The molecular formula is C8H6ClNO2. The third kappa shape index (κ3) is 2.33. The lowest BCUT2D eigenvalue weighted by atomic mass is 10.4. The van der Waals surface area contributed by atoms with Crippen LogP contribution in [0.5, 0.6) is 0 Å². The smallest absolute Gasteiger partial charge is 0.296 e. The summed E-state index contributed by atoms with van der Waals surface area (Å²) < 4.78 is 4.96. The molecule has 0 aliphatic carbocycles. The first kappa shape index (κ1) is 8.69. The van der Waals surface area contributed by atoms with Crippen LogP contribution in [0, 0.1) is 12.3 Å². The highest BCUT2D eigenvalue weighted by molar-refractivity contribution is 6.28. The average Bonchev–Trinajstić information content (AvgIpc) is 2.47. The molecule has 0 saturated carbocycles. The number of rotatable bonds is 2. The molecule has 0 atom stereocenters. The molecule has 1 amide bonds. The van der Waals surface area contributed by atoms with Crippen LogP contribution < -0.4 is 5.32 Å². The minimum atomic E-state index is -0.470. The molecule has 1 aromatic heterocycles. The van der Waals surface area contributed by atoms with E-state index in [1.165, 1.54) is 0 Å². The average molecular weight is 184 g/mol. The molecular weight excluding hydrogens is 178 g/mol. The van der Waals surface area contributed by atoms with Gasteiger partial charge in [-0.15, -0.1) is 6.42 Å². The van der Waals surface area contributed by atoms with Crippen molar-refractivity contribution in [3.63, 3.8) is 0 Å². The first-order valence-corrected chi connectivity index (χ1v) is 3.59. The first-order valence-electron chi connectivity index (χ1n) is 3.21. The van der Waals surface area contributed by atoms with Crippen molar-refractivity contribution in [1.82, 2.24) is 5.32 Å². The normalized spacial score (nSPS) is 9.00. The van der Waals surface area contributed by atoms with Crippen LogP contribution >= 0.6 is 11.6 Å². The van der Waals surface area contributed by atoms with Gasteiger partial charge in [0.15, 0.2) is 5.22 Å². The zero-order chi connectivity index (χ0) is 8.97. The van der Waals surface area contributed by atoms with Crippen molar-refractivity contribution in [2.45, 2.75) is 6.54 Å². The van der Waals surface area contributed by atoms with E-state index in [0.717, 1.165) is 0 Å². The van der Waals surface area contributed by atoms with Gasteiger partial charge in [-0.1, -0.05) is 0 Å². The monoisotopic (exact) mass is 183 g/mol. The molecule has 0 bridgehead atoms. The van der Waals surface area contributed by atoms with Crippen LogP contribution in [0.15, 0.2) is 16.5 Å². The molecule has 0 aliphatic rings. The SMILES string of the molecule is C#CC(=O)NCc1ccc(Cl)o1. The third-order valence-electron chi connectivity index (χ3n) is 1.18. The van der Waals surface area contributed by atoms with Gasteiger partial charge in [0.1, 0.15) is 5.76 Å². The predicted octanol–water partition coefficient (Wildman–Crippen LogP) is 1.18. The number of nitrogens with one attached hydrogen (secondary N) is 1. The minimum Gasteiger partial charge on any atom is -0.448 e. The molecule has 62 valence electrons. The Labute approximate surface area is 74.7 Å². The van der Waals surface area contributed by atoms with Gasteiger partial charge in [-0.25, -0.2) is 0 Å². The first-order chi connectivity index (χ1) is 5.72. The molecule has 1 N–H and O–H groups in total. The molecule has 0 unspecified atom stereocenters. The van der Waals surface area contributed by atoms with Crippen molar-refractivity contribution in [2.24, 2.45) is 0 Å². The topological polar surface area (TPSA) is 42.2 Å². The van der Waals surface area contributed by atoms with Crippen LogP contribution in [0.1, 0.15) is 5.76 Å². The summed E-state index contributed by atoms with van der Waals surface area (Å²) in [5, 5.41) is 2.73. The second-order valence-electron chi connectivity index (χ2n) is 2.03. The Morgan fingerprint density at radius 3 is 3.00 bits per heavy atom. The van der Waals surface area contributed by atoms with E-state index in [-0.39, 0.29) is 6.54 Å². The molecule has 0 aliphatic heterocycles. The molecule has 3 nitrogen and oxygen atoms in total. The lowest BCUT2D eigenvalue weighted by Crippen LogP contribution is -2.19. The summed E-state index contributed by atoms with van der Waals surface area (Å²) in [5.41, 5.74) is 0. The number of furan rings is 1. The summed E-state index contributed by atoms with van der Waals surface area (Å²) in [6, 6.07) is 3.26. The Kier molecular flexibility index (Phi) is 2.78. The lowest BCUT2D eigenvalue weighted by molar-refractivity contribution is -0.115. The zero-order valence-corrected chi connectivity index (χ0v) is 6.89. The van der Waals surface area contributed by atoms with Crippen molar-refractivity contribution in [2.75, 3.05) is 0 Å². The zero-order valence-electron chi connectivity index (χ0n) is 6.13. The number of hydrogen-bond donors (Lipinski definition) is 1. The molecule has 1 aromatic rings. The van der Waals surface area contributed by atoms with E-state index in [0.29, 0.717) is 11.0 Å². The summed E-state index contributed by atoms with van der Waals surface area (Å²) in [6.07, 6.45) is 4.82. The van der Waals surface area contributed by atoms with Crippen molar-refractivity contribution in [3.8, 4) is 12.3 Å². The van der Waals surface area contributed by atoms with Gasteiger partial charge in [-0.2, -0.15) is 0 Å². The third-order valence-corrected chi connectivity index (χ3v) is 1.39. The maximum absolute atomic E-state index is 10.6. The number of carbonyl (C=O) groups is 1. The van der Waals surface area contributed by atoms with Crippen LogP contribution in [-0.2, 0) is 11.3 Å². The van der Waals surface area contributed by atoms with Crippen molar-refractivity contribution < 1.29 is 9.21 Å². The molecule has 0 radical (unpaired) electrons. The van der Waals surface area contributed by atoms with E-state index in [1.807, 2.05) is 5.92 Å². The number of halogens is 1. The Bertz CT molecular complexity index is 324. The molecule has 0 saturated heterocycles. The fraction of sp³-hybridized carbons (Fsp3) is 0.125. The summed E-state index contributed by atoms with van der Waals surface area (Å²) in [7, 11) is 0. The van der Waals surface area contributed by atoms with Crippen molar-refractivity contribution >= 4 is 17.5 Å². The number of amides is 1. The molecule has 0 fully saturated rings. The van der Waals surface area contributed by atoms with E-state index in [9.17, 15) is 4.79 Å². The van der Waals surface area contributed by atoms with E-state index >= 15 is 0 Å². The summed E-state index contributed by atoms with van der Waals surface area (Å²) in [6.45, 7) is 0.260. The maximum atomic E-state index is 10.6. The summed E-state index contributed by atoms with van der Waals surface area (Å²) in [5.74, 6) is 2.02. The summed E-state index contributed by atoms with van der Waals surface area (Å²) >= 11 is 5.49. The highest BCUT2D eigenvalue weighted by atomic mass is 35.5. The Hall–Kier alpha value is -1.40. The van der Waals surface area contributed by atoms with Gasteiger partial charge in [0.2, 0.25) is 0 Å². The van der Waals surface area contributed by atoms with Gasteiger partial charge in [0.05, 0.1) is 6.54 Å². The Morgan fingerprint density at radius 2 is 2.50 bits per heavy atom. The Morgan fingerprint density at radius 1 is 1.75 bits per heavy atom. The number of terminal acetylenes is 1. The van der Waals surface area contributed by atoms with Gasteiger partial charge in [-0.3, -0.25) is 4.79 Å². The van der Waals surface area contributed by atoms with Gasteiger partial charge < -0.3 is 9.73 Å². The van der Waals surface area contributed by atoms with Gasteiger partial charge in [0.25, 0.3) is 5.91 Å². The van der Waals surface area contributed by atoms with Crippen LogP contribution in [0.2, 0.25) is 5.22 Å². The molecule has 4 heteroatoms. The van der Waals surface area contributed by atoms with E-state index in [2.05, 4.69) is 5.32 Å². The minimum absolute atomic E-state index is 0.260. The second kappa shape index (κ2) is 3.84. The van der Waals surface area contributed by atoms with Crippen LogP contribution in [0.4, 0.5) is 0 Å².